The molecule has 100 valence electrons. The number of primary amides is 1. The molecule has 1 heterocycles. The Balaban J connectivity index is 2.24. The predicted octanol–water partition coefficient (Wildman–Crippen LogP) is 3.64. The van der Waals surface area contributed by atoms with Gasteiger partial charge in [-0.2, -0.15) is 0 Å². The summed E-state index contributed by atoms with van der Waals surface area (Å²) in [7, 11) is 0. The fraction of sp³-hybridized carbons (Fsp3) is 0.267. The zero-order valence-corrected chi connectivity index (χ0v) is 12.2. The summed E-state index contributed by atoms with van der Waals surface area (Å²) in [6.45, 7) is 6.12. The van der Waals surface area contributed by atoms with Crippen molar-refractivity contribution in [1.82, 2.24) is 0 Å². The van der Waals surface area contributed by atoms with E-state index in [1.165, 1.54) is 9.75 Å². The van der Waals surface area contributed by atoms with Gasteiger partial charge in [0.25, 0.3) is 0 Å². The minimum absolute atomic E-state index is 0.209. The van der Waals surface area contributed by atoms with Gasteiger partial charge in [-0.3, -0.25) is 4.79 Å². The van der Waals surface area contributed by atoms with Crippen LogP contribution in [-0.4, -0.2) is 5.91 Å². The highest BCUT2D eigenvalue weighted by atomic mass is 32.1. The van der Waals surface area contributed by atoms with Crippen molar-refractivity contribution in [2.75, 3.05) is 5.32 Å². The summed E-state index contributed by atoms with van der Waals surface area (Å²) < 4.78 is 0. The largest absolute Gasteiger partial charge is 0.377 e. The van der Waals surface area contributed by atoms with E-state index in [4.69, 9.17) is 5.73 Å². The summed E-state index contributed by atoms with van der Waals surface area (Å²) in [6, 6.07) is 10.0. The quantitative estimate of drug-likeness (QED) is 0.894. The van der Waals surface area contributed by atoms with E-state index in [0.717, 1.165) is 11.3 Å². The maximum absolute atomic E-state index is 11.3. The minimum Gasteiger partial charge on any atom is -0.377 e. The summed E-state index contributed by atoms with van der Waals surface area (Å²) in [5.41, 5.74) is 7.78. The Morgan fingerprint density at radius 3 is 2.58 bits per heavy atom. The van der Waals surface area contributed by atoms with E-state index in [-0.39, 0.29) is 11.9 Å². The number of hydrogen-bond donors (Lipinski definition) is 2. The van der Waals surface area contributed by atoms with Crippen molar-refractivity contribution in [3.05, 3.63) is 51.2 Å². The number of anilines is 1. The molecule has 2 aromatic rings. The van der Waals surface area contributed by atoms with Gasteiger partial charge in [-0.05, 0) is 50.6 Å². The normalized spacial score (nSPS) is 12.2. The van der Waals surface area contributed by atoms with Gasteiger partial charge >= 0.3 is 0 Å². The lowest BCUT2D eigenvalue weighted by Gasteiger charge is -2.17. The van der Waals surface area contributed by atoms with Crippen LogP contribution in [-0.2, 0) is 0 Å². The van der Waals surface area contributed by atoms with Crippen molar-refractivity contribution in [3.8, 4) is 0 Å². The average molecular weight is 274 g/mol. The van der Waals surface area contributed by atoms with Gasteiger partial charge in [0, 0.05) is 21.0 Å². The summed E-state index contributed by atoms with van der Waals surface area (Å²) in [6.07, 6.45) is 0. The van der Waals surface area contributed by atoms with Gasteiger partial charge in [0.05, 0.1) is 6.04 Å². The number of hydrogen-bond acceptors (Lipinski definition) is 3. The molecule has 1 unspecified atom stereocenters. The van der Waals surface area contributed by atoms with Crippen molar-refractivity contribution in [1.29, 1.82) is 0 Å². The molecule has 1 atom stereocenters. The average Bonchev–Trinajstić information content (AvgIpc) is 2.78. The molecule has 4 heteroatoms. The molecule has 19 heavy (non-hydrogen) atoms. The van der Waals surface area contributed by atoms with E-state index < -0.39 is 0 Å². The van der Waals surface area contributed by atoms with Crippen LogP contribution >= 0.6 is 11.3 Å². The number of benzene rings is 1. The van der Waals surface area contributed by atoms with E-state index >= 15 is 0 Å². The van der Waals surface area contributed by atoms with E-state index in [0.29, 0.717) is 5.56 Å². The van der Waals surface area contributed by atoms with Crippen LogP contribution in [0.5, 0.6) is 0 Å². The molecular weight excluding hydrogens is 256 g/mol. The smallest absolute Gasteiger partial charge is 0.249 e. The molecule has 0 fully saturated rings. The fourth-order valence-corrected chi connectivity index (χ4v) is 2.93. The number of thiophene rings is 1. The Hall–Kier alpha value is -1.81. The molecule has 1 aromatic carbocycles. The van der Waals surface area contributed by atoms with Crippen molar-refractivity contribution in [2.45, 2.75) is 26.8 Å². The Kier molecular flexibility index (Phi) is 3.90. The lowest BCUT2D eigenvalue weighted by Crippen LogP contribution is -2.14. The Labute approximate surface area is 117 Å². The van der Waals surface area contributed by atoms with E-state index in [9.17, 15) is 4.79 Å². The molecular formula is C15H18N2OS. The number of aryl methyl sites for hydroxylation is 1. The zero-order chi connectivity index (χ0) is 14.0. The molecule has 0 aliphatic rings. The zero-order valence-electron chi connectivity index (χ0n) is 11.4. The number of carbonyl (C=O) groups excluding carboxylic acids is 1. The third kappa shape index (κ3) is 2.96. The number of rotatable bonds is 4. The maximum Gasteiger partial charge on any atom is 0.249 e. The van der Waals surface area contributed by atoms with Crippen molar-refractivity contribution in [3.63, 3.8) is 0 Å². The molecule has 0 aliphatic heterocycles. The molecule has 0 aliphatic carbocycles. The Morgan fingerprint density at radius 2 is 2.00 bits per heavy atom. The van der Waals surface area contributed by atoms with Crippen LogP contribution in [0.4, 0.5) is 5.69 Å². The van der Waals surface area contributed by atoms with Crippen LogP contribution in [0, 0.1) is 13.8 Å². The van der Waals surface area contributed by atoms with Gasteiger partial charge in [-0.15, -0.1) is 11.3 Å². The number of nitrogens with one attached hydrogen (secondary N) is 1. The molecule has 0 radical (unpaired) electrons. The van der Waals surface area contributed by atoms with Gasteiger partial charge in [0.15, 0.2) is 0 Å². The second kappa shape index (κ2) is 5.45. The fourth-order valence-electron chi connectivity index (χ4n) is 2.05. The van der Waals surface area contributed by atoms with Gasteiger partial charge in [0.1, 0.15) is 0 Å². The lowest BCUT2D eigenvalue weighted by atomic mass is 10.1. The van der Waals surface area contributed by atoms with E-state index in [1.807, 2.05) is 19.1 Å². The summed E-state index contributed by atoms with van der Waals surface area (Å²) in [5, 5.41) is 3.44. The van der Waals surface area contributed by atoms with Crippen molar-refractivity contribution in [2.24, 2.45) is 5.73 Å². The minimum atomic E-state index is -0.388. The monoisotopic (exact) mass is 274 g/mol. The predicted molar refractivity (Wildman–Crippen MR) is 80.8 cm³/mol. The van der Waals surface area contributed by atoms with Crippen LogP contribution < -0.4 is 11.1 Å². The first-order chi connectivity index (χ1) is 8.99. The lowest BCUT2D eigenvalue weighted by molar-refractivity contribution is 0.1000. The third-order valence-corrected chi connectivity index (χ3v) is 4.34. The van der Waals surface area contributed by atoms with Gasteiger partial charge < -0.3 is 11.1 Å². The van der Waals surface area contributed by atoms with Crippen LogP contribution in [0.25, 0.3) is 0 Å². The molecule has 2 rings (SSSR count). The topological polar surface area (TPSA) is 55.1 Å². The van der Waals surface area contributed by atoms with Crippen molar-refractivity contribution < 1.29 is 4.79 Å². The van der Waals surface area contributed by atoms with Crippen LogP contribution in [0.3, 0.4) is 0 Å². The number of carbonyl (C=O) groups is 1. The Morgan fingerprint density at radius 1 is 1.26 bits per heavy atom. The summed E-state index contributed by atoms with van der Waals surface area (Å²) in [5.74, 6) is -0.388. The van der Waals surface area contributed by atoms with Gasteiger partial charge in [-0.1, -0.05) is 6.07 Å². The van der Waals surface area contributed by atoms with Gasteiger partial charge in [0.2, 0.25) is 5.91 Å². The highest BCUT2D eigenvalue weighted by molar-refractivity contribution is 7.12. The van der Waals surface area contributed by atoms with E-state index in [2.05, 4.69) is 31.3 Å². The second-order valence-electron chi connectivity index (χ2n) is 4.66. The molecule has 3 N–H and O–H groups in total. The number of nitrogens with two attached hydrogens (primary N) is 1. The van der Waals surface area contributed by atoms with Gasteiger partial charge in [-0.25, -0.2) is 0 Å². The molecule has 1 aromatic heterocycles. The van der Waals surface area contributed by atoms with E-state index in [1.54, 1.807) is 17.4 Å². The molecule has 3 nitrogen and oxygen atoms in total. The first-order valence-corrected chi connectivity index (χ1v) is 7.03. The first-order valence-electron chi connectivity index (χ1n) is 6.21. The highest BCUT2D eigenvalue weighted by Gasteiger charge is 2.12. The molecule has 0 saturated heterocycles. The molecule has 1 amide bonds. The van der Waals surface area contributed by atoms with Crippen LogP contribution in [0.15, 0.2) is 30.3 Å². The van der Waals surface area contributed by atoms with Crippen LogP contribution in [0.2, 0.25) is 0 Å². The standard InChI is InChI=1S/C15H18N2OS/c1-9-7-8-14(19-9)11(3)17-13-6-4-5-12(10(13)2)15(16)18/h4-8,11,17H,1-3H3,(H2,16,18). The van der Waals surface area contributed by atoms with Crippen LogP contribution in [0.1, 0.15) is 38.6 Å². The Bertz CT molecular complexity index is 604. The molecule has 0 bridgehead atoms. The molecule has 0 spiro atoms. The first kappa shape index (κ1) is 13.6. The molecule has 0 saturated carbocycles. The second-order valence-corrected chi connectivity index (χ2v) is 5.98. The third-order valence-electron chi connectivity index (χ3n) is 3.16. The highest BCUT2D eigenvalue weighted by Crippen LogP contribution is 2.28. The number of amides is 1. The SMILES string of the molecule is Cc1ccc(C(C)Nc2cccc(C(N)=O)c2C)s1. The summed E-state index contributed by atoms with van der Waals surface area (Å²) in [4.78, 5) is 13.9. The summed E-state index contributed by atoms with van der Waals surface area (Å²) >= 11 is 1.78. The van der Waals surface area contributed by atoms with Crippen molar-refractivity contribution >= 4 is 22.9 Å². The maximum atomic E-state index is 11.3.